The molecule has 4 aromatic rings. The van der Waals surface area contributed by atoms with Gasteiger partial charge in [-0.3, -0.25) is 10.1 Å². The molecule has 48 heavy (non-hydrogen) atoms. The number of para-hydroxylation sites is 1. The Balaban J connectivity index is 1.28. The number of nitrogens with one attached hydrogen (secondary N) is 3. The lowest BCUT2D eigenvalue weighted by atomic mass is 9.89. The largest absolute Gasteiger partial charge is 0.416 e. The van der Waals surface area contributed by atoms with Crippen LogP contribution < -0.4 is 16.0 Å². The molecule has 1 aliphatic heterocycles. The number of urea groups is 1. The summed E-state index contributed by atoms with van der Waals surface area (Å²) in [6, 6.07) is 19.6. The molecule has 254 valence electrons. The van der Waals surface area contributed by atoms with Gasteiger partial charge >= 0.3 is 18.4 Å². The molecule has 1 saturated heterocycles. The van der Waals surface area contributed by atoms with Crippen LogP contribution in [0, 0.1) is 0 Å². The smallest absolute Gasteiger partial charge is 0.351 e. The highest BCUT2D eigenvalue weighted by Gasteiger charge is 2.37. The number of amides is 3. The molecule has 0 bridgehead atoms. The predicted molar refractivity (Wildman–Crippen MR) is 172 cm³/mol. The number of benzene rings is 3. The second-order valence-corrected chi connectivity index (χ2v) is 12.4. The Morgan fingerprint density at radius 2 is 1.46 bits per heavy atom. The summed E-state index contributed by atoms with van der Waals surface area (Å²) in [6.45, 7) is 1.54. The summed E-state index contributed by atoms with van der Waals surface area (Å²) in [5, 5.41) is 9.65. The number of rotatable bonds is 10. The normalized spacial score (nSPS) is 15.1. The number of thiazole rings is 1. The molecule has 0 saturated carbocycles. The predicted octanol–water partition coefficient (Wildman–Crippen LogP) is 8.49. The molecule has 1 unspecified atom stereocenters. The van der Waals surface area contributed by atoms with E-state index in [1.54, 1.807) is 35.7 Å². The van der Waals surface area contributed by atoms with Crippen LogP contribution in [0.4, 0.5) is 42.0 Å². The molecule has 2 heterocycles. The molecule has 3 amide bonds. The van der Waals surface area contributed by atoms with Gasteiger partial charge in [-0.1, -0.05) is 48.5 Å². The number of alkyl halides is 6. The van der Waals surface area contributed by atoms with Crippen molar-refractivity contribution < 1.29 is 35.9 Å². The van der Waals surface area contributed by atoms with E-state index >= 15 is 0 Å². The second-order valence-electron chi connectivity index (χ2n) is 11.5. The van der Waals surface area contributed by atoms with Crippen molar-refractivity contribution in [3.63, 3.8) is 0 Å². The molecule has 1 atom stereocenters. The van der Waals surface area contributed by atoms with Crippen LogP contribution in [0.2, 0.25) is 0 Å². The first kappa shape index (κ1) is 34.9. The minimum absolute atomic E-state index is 0.0485. The number of hydrogen-bond acceptors (Lipinski definition) is 5. The first-order valence-electron chi connectivity index (χ1n) is 15.3. The highest BCUT2D eigenvalue weighted by Crippen LogP contribution is 2.36. The van der Waals surface area contributed by atoms with Gasteiger partial charge in [-0.2, -0.15) is 26.3 Å². The number of hydrogen-bond donors (Lipinski definition) is 3. The maximum atomic E-state index is 13.6. The molecule has 1 fully saturated rings. The van der Waals surface area contributed by atoms with Gasteiger partial charge in [-0.15, -0.1) is 11.3 Å². The molecule has 1 aromatic heterocycles. The van der Waals surface area contributed by atoms with Crippen molar-refractivity contribution in [1.29, 1.82) is 0 Å². The van der Waals surface area contributed by atoms with Crippen molar-refractivity contribution in [2.24, 2.45) is 0 Å². The number of aromatic nitrogens is 1. The lowest BCUT2D eigenvalue weighted by molar-refractivity contribution is -0.143. The van der Waals surface area contributed by atoms with Crippen molar-refractivity contribution in [2.45, 2.75) is 50.0 Å². The van der Waals surface area contributed by atoms with Gasteiger partial charge in [0.05, 0.1) is 22.7 Å². The van der Waals surface area contributed by atoms with E-state index < -0.39 is 47.9 Å². The SMILES string of the molecule is O=C(Nc1ccccc1)Nc1nc(C(CCN2CCC(c3ccccc3)CC2)C(=O)NCc2cc(C(F)(F)F)cc(C(F)(F)F)c2)cs1. The number of carbonyl (C=O) groups is 2. The molecule has 0 radical (unpaired) electrons. The highest BCUT2D eigenvalue weighted by atomic mass is 32.1. The van der Waals surface area contributed by atoms with E-state index in [4.69, 9.17) is 0 Å². The minimum atomic E-state index is -5.01. The standard InChI is InChI=1S/C34H33F6N5O2S/c35-33(36,37)25-17-22(18-26(19-25)34(38,39)40)20-41-30(46)28(13-16-45-14-11-24(12-15-45)23-7-3-1-4-8-23)29-21-48-32(43-29)44-31(47)42-27-9-5-2-6-10-27/h1-10,17-19,21,24,28H,11-16,20H2,(H,41,46)(H2,42,43,44,47). The van der Waals surface area contributed by atoms with E-state index in [9.17, 15) is 35.9 Å². The van der Waals surface area contributed by atoms with Gasteiger partial charge in [-0.05, 0) is 86.3 Å². The van der Waals surface area contributed by atoms with Gasteiger partial charge in [-0.25, -0.2) is 9.78 Å². The third-order valence-corrected chi connectivity index (χ3v) is 8.93. The van der Waals surface area contributed by atoms with Crippen LogP contribution in [0.3, 0.4) is 0 Å². The first-order valence-corrected chi connectivity index (χ1v) is 16.1. The lowest BCUT2D eigenvalue weighted by Crippen LogP contribution is -2.36. The Morgan fingerprint density at radius 3 is 2.06 bits per heavy atom. The Labute approximate surface area is 277 Å². The maximum absolute atomic E-state index is 13.6. The van der Waals surface area contributed by atoms with E-state index in [0.717, 1.165) is 37.3 Å². The van der Waals surface area contributed by atoms with E-state index in [1.165, 1.54) is 5.56 Å². The van der Waals surface area contributed by atoms with E-state index in [0.29, 0.717) is 36.0 Å². The van der Waals surface area contributed by atoms with Crippen molar-refractivity contribution in [1.82, 2.24) is 15.2 Å². The summed E-state index contributed by atoms with van der Waals surface area (Å²) in [4.78, 5) is 32.7. The molecule has 5 rings (SSSR count). The molecular weight excluding hydrogens is 656 g/mol. The zero-order chi connectivity index (χ0) is 34.3. The molecule has 7 nitrogen and oxygen atoms in total. The highest BCUT2D eigenvalue weighted by molar-refractivity contribution is 7.14. The fourth-order valence-corrected chi connectivity index (χ4v) is 6.42. The molecular formula is C34H33F6N5O2S. The third kappa shape index (κ3) is 9.57. The summed E-state index contributed by atoms with van der Waals surface area (Å²) in [5.41, 5.74) is -1.10. The Kier molecular flexibility index (Phi) is 11.0. The van der Waals surface area contributed by atoms with Gasteiger partial charge in [0.1, 0.15) is 0 Å². The zero-order valence-corrected chi connectivity index (χ0v) is 26.4. The summed E-state index contributed by atoms with van der Waals surface area (Å²) in [5.74, 6) is -1.07. The van der Waals surface area contributed by atoms with Crippen molar-refractivity contribution >= 4 is 34.1 Å². The quantitative estimate of drug-likeness (QED) is 0.146. The number of nitrogens with zero attached hydrogens (tertiary/aromatic N) is 2. The molecule has 1 aliphatic rings. The Hall–Kier alpha value is -4.43. The Bertz CT molecular complexity index is 1640. The molecule has 3 aromatic carbocycles. The molecule has 14 heteroatoms. The average Bonchev–Trinajstić information content (AvgIpc) is 3.51. The van der Waals surface area contributed by atoms with Gasteiger partial charge in [0.25, 0.3) is 0 Å². The van der Waals surface area contributed by atoms with Crippen LogP contribution in [0.1, 0.15) is 59.0 Å². The minimum Gasteiger partial charge on any atom is -0.351 e. The number of likely N-dealkylation sites (tertiary alicyclic amines) is 1. The third-order valence-electron chi connectivity index (χ3n) is 8.15. The number of halogens is 6. The zero-order valence-electron chi connectivity index (χ0n) is 25.6. The van der Waals surface area contributed by atoms with Crippen molar-refractivity contribution in [3.05, 3.63) is 112 Å². The van der Waals surface area contributed by atoms with Crippen LogP contribution in [0.15, 0.2) is 84.2 Å². The van der Waals surface area contributed by atoms with Crippen LogP contribution in [0.5, 0.6) is 0 Å². The summed E-state index contributed by atoms with van der Waals surface area (Å²) in [7, 11) is 0. The summed E-state index contributed by atoms with van der Waals surface area (Å²) >= 11 is 1.09. The van der Waals surface area contributed by atoms with E-state index in [-0.39, 0.29) is 23.2 Å². The summed E-state index contributed by atoms with van der Waals surface area (Å²) < 4.78 is 80.4. The van der Waals surface area contributed by atoms with E-state index in [1.807, 2.05) is 18.2 Å². The van der Waals surface area contributed by atoms with Gasteiger partial charge in [0.2, 0.25) is 5.91 Å². The summed E-state index contributed by atoms with van der Waals surface area (Å²) in [6.07, 6.45) is -7.86. The molecule has 0 spiro atoms. The van der Waals surface area contributed by atoms with Crippen molar-refractivity contribution in [3.8, 4) is 0 Å². The number of carbonyl (C=O) groups excluding carboxylic acids is 2. The van der Waals surface area contributed by atoms with Gasteiger partial charge in [0, 0.05) is 17.6 Å². The number of piperidine rings is 1. The maximum Gasteiger partial charge on any atom is 0.416 e. The Morgan fingerprint density at radius 1 is 0.854 bits per heavy atom. The number of anilines is 2. The fourth-order valence-electron chi connectivity index (χ4n) is 5.66. The van der Waals surface area contributed by atoms with Crippen LogP contribution in [-0.4, -0.2) is 41.5 Å². The topological polar surface area (TPSA) is 86.4 Å². The van der Waals surface area contributed by atoms with Crippen molar-refractivity contribution in [2.75, 3.05) is 30.3 Å². The molecule has 3 N–H and O–H groups in total. The van der Waals surface area contributed by atoms with Crippen LogP contribution >= 0.6 is 11.3 Å². The van der Waals surface area contributed by atoms with Gasteiger partial charge in [0.15, 0.2) is 5.13 Å². The monoisotopic (exact) mass is 689 g/mol. The van der Waals surface area contributed by atoms with Gasteiger partial charge < -0.3 is 15.5 Å². The second kappa shape index (κ2) is 15.2. The van der Waals surface area contributed by atoms with Crippen LogP contribution in [-0.2, 0) is 23.7 Å². The first-order chi connectivity index (χ1) is 22.8. The van der Waals surface area contributed by atoms with Crippen LogP contribution in [0.25, 0.3) is 0 Å². The lowest BCUT2D eigenvalue weighted by Gasteiger charge is -2.32. The fraction of sp³-hybridized carbons (Fsp3) is 0.324. The average molecular weight is 690 g/mol. The van der Waals surface area contributed by atoms with E-state index in [2.05, 4.69) is 38.0 Å². The molecule has 0 aliphatic carbocycles.